The van der Waals surface area contributed by atoms with Gasteiger partial charge >= 0.3 is 0 Å². The second kappa shape index (κ2) is 6.72. The number of anilines is 1. The van der Waals surface area contributed by atoms with Gasteiger partial charge in [0.05, 0.1) is 9.26 Å². The maximum Gasteiger partial charge on any atom is 0.161 e. The van der Waals surface area contributed by atoms with Crippen molar-refractivity contribution in [1.82, 2.24) is 9.97 Å². The third-order valence-corrected chi connectivity index (χ3v) is 4.25. The highest BCUT2D eigenvalue weighted by atomic mass is 127. The summed E-state index contributed by atoms with van der Waals surface area (Å²) in [5.41, 5.74) is 2.07. The van der Waals surface area contributed by atoms with Gasteiger partial charge in [0, 0.05) is 17.6 Å². The predicted octanol–water partition coefficient (Wildman–Crippen LogP) is 4.64. The van der Waals surface area contributed by atoms with E-state index in [9.17, 15) is 0 Å². The smallest absolute Gasteiger partial charge is 0.161 e. The van der Waals surface area contributed by atoms with Gasteiger partial charge in [-0.3, -0.25) is 0 Å². The van der Waals surface area contributed by atoms with Gasteiger partial charge in [-0.05, 0) is 59.2 Å². The Labute approximate surface area is 138 Å². The van der Waals surface area contributed by atoms with Crippen LogP contribution in [0.1, 0.15) is 19.5 Å². The summed E-state index contributed by atoms with van der Waals surface area (Å²) in [5.74, 6) is 2.17. The molecule has 0 spiro atoms. The first-order valence-electron chi connectivity index (χ1n) is 6.51. The fourth-order valence-corrected chi connectivity index (χ4v) is 2.77. The number of hydrogen-bond donors (Lipinski definition) is 1. The van der Waals surface area contributed by atoms with Crippen molar-refractivity contribution in [2.75, 3.05) is 12.4 Å². The SMILES string of the molecule is CNc1nc(-c2ccc(Cl)cc2)nc(CC(C)C)c1I. The first-order valence-corrected chi connectivity index (χ1v) is 7.97. The van der Waals surface area contributed by atoms with Gasteiger partial charge in [-0.2, -0.15) is 0 Å². The molecule has 2 aromatic rings. The standard InChI is InChI=1S/C15H17ClIN3/c1-9(2)8-12-13(17)15(18-3)20-14(19-12)10-4-6-11(16)7-5-10/h4-7,9H,8H2,1-3H3,(H,18,19,20). The molecule has 0 bridgehead atoms. The molecule has 2 rings (SSSR count). The minimum Gasteiger partial charge on any atom is -0.372 e. The molecule has 5 heteroatoms. The summed E-state index contributed by atoms with van der Waals surface area (Å²) in [4.78, 5) is 9.31. The van der Waals surface area contributed by atoms with Crippen LogP contribution in [0.2, 0.25) is 5.02 Å². The Bertz CT molecular complexity index is 597. The Morgan fingerprint density at radius 2 is 1.85 bits per heavy atom. The lowest BCUT2D eigenvalue weighted by atomic mass is 10.1. The first-order chi connectivity index (χ1) is 9.51. The largest absolute Gasteiger partial charge is 0.372 e. The Kier molecular flexibility index (Phi) is 5.21. The Morgan fingerprint density at radius 1 is 1.20 bits per heavy atom. The van der Waals surface area contributed by atoms with Gasteiger partial charge in [-0.15, -0.1) is 0 Å². The molecule has 1 aromatic heterocycles. The average molecular weight is 402 g/mol. The summed E-state index contributed by atoms with van der Waals surface area (Å²) in [6.07, 6.45) is 0.941. The van der Waals surface area contributed by atoms with E-state index in [1.807, 2.05) is 31.3 Å². The van der Waals surface area contributed by atoms with Gasteiger partial charge in [0.1, 0.15) is 5.82 Å². The van der Waals surface area contributed by atoms with Gasteiger partial charge in [-0.1, -0.05) is 25.4 Å². The van der Waals surface area contributed by atoms with E-state index in [0.29, 0.717) is 5.92 Å². The summed E-state index contributed by atoms with van der Waals surface area (Å²) in [6, 6.07) is 7.62. The number of halogens is 2. The Morgan fingerprint density at radius 3 is 2.40 bits per heavy atom. The van der Waals surface area contributed by atoms with Crippen LogP contribution in [0.15, 0.2) is 24.3 Å². The van der Waals surface area contributed by atoms with Crippen molar-refractivity contribution >= 4 is 40.0 Å². The van der Waals surface area contributed by atoms with E-state index in [-0.39, 0.29) is 0 Å². The van der Waals surface area contributed by atoms with Gasteiger partial charge in [0.15, 0.2) is 5.82 Å². The molecule has 0 aliphatic carbocycles. The quantitative estimate of drug-likeness (QED) is 0.758. The summed E-state index contributed by atoms with van der Waals surface area (Å²) in [7, 11) is 1.88. The minimum absolute atomic E-state index is 0.557. The molecular weight excluding hydrogens is 385 g/mol. The van der Waals surface area contributed by atoms with Crippen LogP contribution in [0.3, 0.4) is 0 Å². The van der Waals surface area contributed by atoms with Crippen LogP contribution in [0, 0.1) is 9.49 Å². The highest BCUT2D eigenvalue weighted by Crippen LogP contribution is 2.26. The van der Waals surface area contributed by atoms with E-state index in [2.05, 4.69) is 46.7 Å². The average Bonchev–Trinajstić information content (AvgIpc) is 2.41. The van der Waals surface area contributed by atoms with Crippen LogP contribution in [-0.4, -0.2) is 17.0 Å². The van der Waals surface area contributed by atoms with Gasteiger partial charge in [-0.25, -0.2) is 9.97 Å². The van der Waals surface area contributed by atoms with Gasteiger partial charge in [0.2, 0.25) is 0 Å². The minimum atomic E-state index is 0.557. The number of hydrogen-bond acceptors (Lipinski definition) is 3. The van der Waals surface area contributed by atoms with E-state index in [1.165, 1.54) is 0 Å². The zero-order valence-electron chi connectivity index (χ0n) is 11.7. The van der Waals surface area contributed by atoms with Crippen molar-refractivity contribution in [2.24, 2.45) is 5.92 Å². The molecule has 3 nitrogen and oxygen atoms in total. The predicted molar refractivity (Wildman–Crippen MR) is 93.3 cm³/mol. The zero-order valence-corrected chi connectivity index (χ0v) is 14.7. The van der Waals surface area contributed by atoms with Crippen molar-refractivity contribution in [3.8, 4) is 11.4 Å². The fraction of sp³-hybridized carbons (Fsp3) is 0.333. The molecule has 0 aliphatic heterocycles. The van der Waals surface area contributed by atoms with Crippen LogP contribution < -0.4 is 5.32 Å². The molecular formula is C15H17ClIN3. The van der Waals surface area contributed by atoms with Gasteiger partial charge in [0.25, 0.3) is 0 Å². The molecule has 0 saturated heterocycles. The summed E-state index contributed by atoms with van der Waals surface area (Å²) < 4.78 is 1.09. The molecule has 0 saturated carbocycles. The van der Waals surface area contributed by atoms with Crippen molar-refractivity contribution in [3.63, 3.8) is 0 Å². The molecule has 0 radical (unpaired) electrons. The molecule has 0 atom stereocenters. The zero-order chi connectivity index (χ0) is 14.7. The molecule has 1 aromatic carbocycles. The van der Waals surface area contributed by atoms with Crippen LogP contribution in [0.5, 0.6) is 0 Å². The molecule has 1 heterocycles. The molecule has 1 N–H and O–H groups in total. The molecule has 20 heavy (non-hydrogen) atoms. The lowest BCUT2D eigenvalue weighted by Crippen LogP contribution is -2.07. The second-order valence-corrected chi connectivity index (χ2v) is 6.53. The highest BCUT2D eigenvalue weighted by molar-refractivity contribution is 14.1. The third-order valence-electron chi connectivity index (χ3n) is 2.86. The number of rotatable bonds is 4. The molecule has 106 valence electrons. The topological polar surface area (TPSA) is 37.8 Å². The molecule has 0 amide bonds. The van der Waals surface area contributed by atoms with Gasteiger partial charge < -0.3 is 5.32 Å². The number of nitrogens with one attached hydrogen (secondary N) is 1. The lowest BCUT2D eigenvalue weighted by Gasteiger charge is -2.12. The third kappa shape index (κ3) is 3.61. The number of aromatic nitrogens is 2. The van der Waals surface area contributed by atoms with Crippen LogP contribution in [-0.2, 0) is 6.42 Å². The normalized spacial score (nSPS) is 10.9. The van der Waals surface area contributed by atoms with E-state index in [1.54, 1.807) is 0 Å². The first kappa shape index (κ1) is 15.5. The molecule has 0 unspecified atom stereocenters. The van der Waals surface area contributed by atoms with Crippen molar-refractivity contribution < 1.29 is 0 Å². The Balaban J connectivity index is 2.50. The van der Waals surface area contributed by atoms with Crippen LogP contribution in [0.25, 0.3) is 11.4 Å². The molecule has 0 aliphatic rings. The van der Waals surface area contributed by atoms with Crippen molar-refractivity contribution in [3.05, 3.63) is 38.6 Å². The van der Waals surface area contributed by atoms with Crippen LogP contribution in [0.4, 0.5) is 5.82 Å². The van der Waals surface area contributed by atoms with E-state index in [0.717, 1.165) is 37.9 Å². The lowest BCUT2D eigenvalue weighted by molar-refractivity contribution is 0.632. The van der Waals surface area contributed by atoms with E-state index in [4.69, 9.17) is 16.6 Å². The summed E-state index contributed by atoms with van der Waals surface area (Å²) >= 11 is 8.24. The van der Waals surface area contributed by atoms with Crippen molar-refractivity contribution in [2.45, 2.75) is 20.3 Å². The summed E-state index contributed by atoms with van der Waals surface area (Å²) in [5, 5.41) is 3.86. The fourth-order valence-electron chi connectivity index (χ4n) is 1.91. The van der Waals surface area contributed by atoms with Crippen molar-refractivity contribution in [1.29, 1.82) is 0 Å². The van der Waals surface area contributed by atoms with E-state index >= 15 is 0 Å². The second-order valence-electron chi connectivity index (χ2n) is 5.01. The Hall–Kier alpha value is -0.880. The maximum atomic E-state index is 5.93. The van der Waals surface area contributed by atoms with Crippen LogP contribution >= 0.6 is 34.2 Å². The number of nitrogens with zero attached hydrogens (tertiary/aromatic N) is 2. The van der Waals surface area contributed by atoms with E-state index < -0.39 is 0 Å². The number of benzene rings is 1. The molecule has 0 fully saturated rings. The monoisotopic (exact) mass is 401 g/mol. The summed E-state index contributed by atoms with van der Waals surface area (Å²) in [6.45, 7) is 4.39. The highest BCUT2D eigenvalue weighted by Gasteiger charge is 2.13. The maximum absolute atomic E-state index is 5.93.